The Labute approximate surface area is 92.7 Å². The highest BCUT2D eigenvalue weighted by molar-refractivity contribution is 5.91. The lowest BCUT2D eigenvalue weighted by atomic mass is 10.0. The summed E-state index contributed by atoms with van der Waals surface area (Å²) in [6.45, 7) is -0.788. The van der Waals surface area contributed by atoms with E-state index in [2.05, 4.69) is 4.74 Å². The molecule has 3 heteroatoms. The zero-order chi connectivity index (χ0) is 11.5. The van der Waals surface area contributed by atoms with Crippen LogP contribution in [0.4, 0.5) is 8.78 Å². The molecule has 0 bridgehead atoms. The molecule has 0 aliphatic heterocycles. The Morgan fingerprint density at radius 1 is 1.12 bits per heavy atom. The third-order valence-electron chi connectivity index (χ3n) is 2.55. The summed E-state index contributed by atoms with van der Waals surface area (Å²) in [6.07, 6.45) is 0.793. The summed E-state index contributed by atoms with van der Waals surface area (Å²) in [5.41, 5.74) is 1.02. The fraction of sp³-hybridized carbons (Fsp3) is 0.231. The van der Waals surface area contributed by atoms with E-state index in [4.69, 9.17) is 0 Å². The third-order valence-corrected chi connectivity index (χ3v) is 2.55. The van der Waals surface area contributed by atoms with Crippen molar-refractivity contribution in [3.8, 4) is 5.75 Å². The Morgan fingerprint density at radius 3 is 2.44 bits per heavy atom. The zero-order valence-corrected chi connectivity index (χ0v) is 8.91. The molecule has 2 aromatic carbocycles. The molecule has 0 amide bonds. The highest BCUT2D eigenvalue weighted by Gasteiger charge is 2.10. The molecule has 0 aliphatic carbocycles. The Morgan fingerprint density at radius 2 is 1.81 bits per heavy atom. The predicted molar refractivity (Wildman–Crippen MR) is 60.0 cm³/mol. The van der Waals surface area contributed by atoms with Crippen molar-refractivity contribution in [3.05, 3.63) is 42.0 Å². The van der Waals surface area contributed by atoms with Gasteiger partial charge in [-0.2, -0.15) is 8.78 Å². The van der Waals surface area contributed by atoms with Crippen LogP contribution in [0.25, 0.3) is 10.8 Å². The second kappa shape index (κ2) is 4.47. The molecule has 0 fully saturated rings. The van der Waals surface area contributed by atoms with E-state index in [0.717, 1.165) is 22.8 Å². The highest BCUT2D eigenvalue weighted by Crippen LogP contribution is 2.30. The summed E-state index contributed by atoms with van der Waals surface area (Å²) >= 11 is 0. The average Bonchev–Trinajstić information content (AvgIpc) is 2.28. The number of ether oxygens (including phenoxy) is 1. The van der Waals surface area contributed by atoms with Crippen LogP contribution in [0.1, 0.15) is 12.5 Å². The Hall–Kier alpha value is -1.64. The van der Waals surface area contributed by atoms with Gasteiger partial charge in [-0.1, -0.05) is 37.3 Å². The van der Waals surface area contributed by atoms with Crippen molar-refractivity contribution in [1.29, 1.82) is 0 Å². The number of aryl methyl sites for hydroxylation is 1. The van der Waals surface area contributed by atoms with E-state index in [9.17, 15) is 8.78 Å². The van der Waals surface area contributed by atoms with E-state index in [1.54, 1.807) is 12.1 Å². The first-order valence-electron chi connectivity index (χ1n) is 5.17. The van der Waals surface area contributed by atoms with E-state index in [-0.39, 0.29) is 5.75 Å². The smallest absolute Gasteiger partial charge is 0.387 e. The highest BCUT2D eigenvalue weighted by atomic mass is 19.3. The maximum absolute atomic E-state index is 12.3. The summed E-state index contributed by atoms with van der Waals surface area (Å²) in [6, 6.07) is 10.9. The van der Waals surface area contributed by atoms with Gasteiger partial charge in [-0.15, -0.1) is 0 Å². The molecule has 0 heterocycles. The maximum Gasteiger partial charge on any atom is 0.387 e. The molecule has 0 aromatic heterocycles. The van der Waals surface area contributed by atoms with Crippen LogP contribution in [0.3, 0.4) is 0 Å². The zero-order valence-electron chi connectivity index (χ0n) is 8.91. The molecule has 0 radical (unpaired) electrons. The van der Waals surface area contributed by atoms with Gasteiger partial charge in [0.1, 0.15) is 5.75 Å². The Balaban J connectivity index is 2.63. The van der Waals surface area contributed by atoms with Gasteiger partial charge in [0, 0.05) is 5.39 Å². The normalized spacial score (nSPS) is 11.0. The van der Waals surface area contributed by atoms with Crippen LogP contribution in [-0.2, 0) is 6.42 Å². The quantitative estimate of drug-likeness (QED) is 0.762. The van der Waals surface area contributed by atoms with Crippen LogP contribution in [0, 0.1) is 0 Å². The van der Waals surface area contributed by atoms with E-state index in [0.29, 0.717) is 0 Å². The number of benzene rings is 2. The fourth-order valence-corrected chi connectivity index (χ4v) is 1.87. The summed E-state index contributed by atoms with van der Waals surface area (Å²) in [5, 5.41) is 1.71. The van der Waals surface area contributed by atoms with Gasteiger partial charge in [0.2, 0.25) is 0 Å². The van der Waals surface area contributed by atoms with Crippen molar-refractivity contribution in [3.63, 3.8) is 0 Å². The summed E-state index contributed by atoms with van der Waals surface area (Å²) in [4.78, 5) is 0. The van der Waals surface area contributed by atoms with Crippen LogP contribution in [-0.4, -0.2) is 6.61 Å². The topological polar surface area (TPSA) is 9.23 Å². The first-order chi connectivity index (χ1) is 7.72. The molecule has 16 heavy (non-hydrogen) atoms. The Kier molecular flexibility index (Phi) is 3.04. The van der Waals surface area contributed by atoms with Crippen molar-refractivity contribution < 1.29 is 13.5 Å². The number of hydrogen-bond acceptors (Lipinski definition) is 1. The van der Waals surface area contributed by atoms with Gasteiger partial charge >= 0.3 is 6.61 Å². The van der Waals surface area contributed by atoms with Gasteiger partial charge in [0.05, 0.1) is 0 Å². The molecular weight excluding hydrogens is 210 g/mol. The van der Waals surface area contributed by atoms with Crippen molar-refractivity contribution in [2.45, 2.75) is 20.0 Å². The number of rotatable bonds is 3. The lowest BCUT2D eigenvalue weighted by molar-refractivity contribution is -0.0488. The Bertz CT molecular complexity index is 489. The number of halogens is 2. The molecule has 84 valence electrons. The maximum atomic E-state index is 12.3. The fourth-order valence-electron chi connectivity index (χ4n) is 1.87. The summed E-state index contributed by atoms with van der Waals surface area (Å²) in [7, 11) is 0. The SMILES string of the molecule is CCc1cccc2cccc(OC(F)F)c12. The van der Waals surface area contributed by atoms with E-state index < -0.39 is 6.61 Å². The molecule has 0 N–H and O–H groups in total. The molecule has 1 nitrogen and oxygen atoms in total. The number of hydrogen-bond donors (Lipinski definition) is 0. The number of fused-ring (bicyclic) bond motifs is 1. The summed E-state index contributed by atoms with van der Waals surface area (Å²) < 4.78 is 29.1. The molecule has 0 saturated carbocycles. The molecule has 0 spiro atoms. The lowest BCUT2D eigenvalue weighted by Crippen LogP contribution is -2.03. The van der Waals surface area contributed by atoms with Crippen molar-refractivity contribution >= 4 is 10.8 Å². The molecule has 2 rings (SSSR count). The minimum Gasteiger partial charge on any atom is -0.434 e. The predicted octanol–water partition coefficient (Wildman–Crippen LogP) is 4.00. The van der Waals surface area contributed by atoms with Crippen LogP contribution < -0.4 is 4.74 Å². The standard InChI is InChI=1S/C13H12F2O/c1-2-9-5-3-6-10-7-4-8-11(12(9)10)16-13(14)15/h3-8,13H,2H2,1H3. The van der Waals surface area contributed by atoms with Crippen LogP contribution in [0.2, 0.25) is 0 Å². The lowest BCUT2D eigenvalue weighted by Gasteiger charge is -2.11. The molecule has 2 aromatic rings. The van der Waals surface area contributed by atoms with E-state index in [1.165, 1.54) is 0 Å². The molecule has 0 saturated heterocycles. The van der Waals surface area contributed by atoms with E-state index in [1.807, 2.05) is 31.2 Å². The average molecular weight is 222 g/mol. The van der Waals surface area contributed by atoms with Gasteiger partial charge in [-0.3, -0.25) is 0 Å². The number of alkyl halides is 2. The third kappa shape index (κ3) is 1.98. The first kappa shape index (κ1) is 10.9. The minimum absolute atomic E-state index is 0.255. The van der Waals surface area contributed by atoms with Crippen LogP contribution >= 0.6 is 0 Å². The molecule has 0 aliphatic rings. The second-order valence-electron chi connectivity index (χ2n) is 3.50. The van der Waals surface area contributed by atoms with Gasteiger partial charge in [0.25, 0.3) is 0 Å². The molecule has 0 unspecified atom stereocenters. The van der Waals surface area contributed by atoms with Gasteiger partial charge in [-0.05, 0) is 23.4 Å². The minimum atomic E-state index is -2.78. The van der Waals surface area contributed by atoms with Crippen molar-refractivity contribution in [2.24, 2.45) is 0 Å². The van der Waals surface area contributed by atoms with Gasteiger partial charge in [0.15, 0.2) is 0 Å². The van der Waals surface area contributed by atoms with Crippen LogP contribution in [0.15, 0.2) is 36.4 Å². The second-order valence-corrected chi connectivity index (χ2v) is 3.50. The summed E-state index contributed by atoms with van der Waals surface area (Å²) in [5.74, 6) is 0.255. The van der Waals surface area contributed by atoms with Gasteiger partial charge < -0.3 is 4.74 Å². The first-order valence-corrected chi connectivity index (χ1v) is 5.17. The largest absolute Gasteiger partial charge is 0.434 e. The monoisotopic (exact) mass is 222 g/mol. The molecule has 0 atom stereocenters. The van der Waals surface area contributed by atoms with Crippen LogP contribution in [0.5, 0.6) is 5.75 Å². The molecular formula is C13H12F2O. The van der Waals surface area contributed by atoms with Crippen molar-refractivity contribution in [2.75, 3.05) is 0 Å². The van der Waals surface area contributed by atoms with Crippen molar-refractivity contribution in [1.82, 2.24) is 0 Å². The van der Waals surface area contributed by atoms with Gasteiger partial charge in [-0.25, -0.2) is 0 Å². The van der Waals surface area contributed by atoms with E-state index >= 15 is 0 Å².